The Labute approximate surface area is 104 Å². The smallest absolute Gasteiger partial charge is 0.106 e. The molecule has 0 saturated heterocycles. The lowest BCUT2D eigenvalue weighted by Gasteiger charge is -2.14. The average Bonchev–Trinajstić information content (AvgIpc) is 2.29. The number of halogens is 1. The number of benzene rings is 1. The van der Waals surface area contributed by atoms with E-state index in [9.17, 15) is 0 Å². The van der Waals surface area contributed by atoms with E-state index in [0.29, 0.717) is 0 Å². The third-order valence-corrected chi connectivity index (χ3v) is 3.05. The van der Waals surface area contributed by atoms with E-state index >= 15 is 0 Å². The monoisotopic (exact) mass is 276 g/mol. The summed E-state index contributed by atoms with van der Waals surface area (Å²) in [6.07, 6.45) is 1.83. The second kappa shape index (κ2) is 4.76. The van der Waals surface area contributed by atoms with Gasteiger partial charge in [0, 0.05) is 6.20 Å². The summed E-state index contributed by atoms with van der Waals surface area (Å²) in [4.78, 5) is 4.22. The van der Waals surface area contributed by atoms with Crippen molar-refractivity contribution in [3.05, 3.63) is 63.9 Å². The summed E-state index contributed by atoms with van der Waals surface area (Å²) < 4.78 is 0.842. The van der Waals surface area contributed by atoms with Gasteiger partial charge in [-0.15, -0.1) is 0 Å². The van der Waals surface area contributed by atoms with Crippen LogP contribution in [0, 0.1) is 6.92 Å². The van der Waals surface area contributed by atoms with Crippen LogP contribution in [0.5, 0.6) is 0 Å². The molecule has 1 heterocycles. The van der Waals surface area contributed by atoms with Crippen molar-refractivity contribution < 1.29 is 0 Å². The molecular weight excluding hydrogens is 264 g/mol. The van der Waals surface area contributed by atoms with Gasteiger partial charge < -0.3 is 5.73 Å². The van der Waals surface area contributed by atoms with Gasteiger partial charge in [-0.1, -0.05) is 30.3 Å². The van der Waals surface area contributed by atoms with Gasteiger partial charge >= 0.3 is 0 Å². The molecule has 2 N–H and O–H groups in total. The fraction of sp³-hybridized carbons (Fsp3) is 0.154. The Morgan fingerprint density at radius 2 is 1.94 bits per heavy atom. The van der Waals surface area contributed by atoms with Gasteiger partial charge in [-0.25, -0.2) is 4.98 Å². The van der Waals surface area contributed by atoms with Crippen LogP contribution in [0.25, 0.3) is 0 Å². The van der Waals surface area contributed by atoms with Gasteiger partial charge in [0.15, 0.2) is 0 Å². The highest BCUT2D eigenvalue weighted by atomic mass is 79.9. The van der Waals surface area contributed by atoms with Crippen LogP contribution in [0.2, 0.25) is 0 Å². The lowest BCUT2D eigenvalue weighted by Crippen LogP contribution is -2.13. The maximum atomic E-state index is 6.21. The molecule has 1 aromatic heterocycles. The Morgan fingerprint density at radius 1 is 1.25 bits per heavy atom. The zero-order chi connectivity index (χ0) is 11.5. The minimum atomic E-state index is -0.109. The second-order valence-electron chi connectivity index (χ2n) is 3.75. The Bertz CT molecular complexity index is 483. The molecule has 1 atom stereocenters. The largest absolute Gasteiger partial charge is 0.320 e. The predicted molar refractivity (Wildman–Crippen MR) is 69.1 cm³/mol. The zero-order valence-electron chi connectivity index (χ0n) is 9.02. The SMILES string of the molecule is Cc1cc(Br)ncc1[C@@H](N)c1ccccc1. The first-order chi connectivity index (χ1) is 7.68. The van der Waals surface area contributed by atoms with Crippen molar-refractivity contribution in [3.8, 4) is 0 Å². The lowest BCUT2D eigenvalue weighted by atomic mass is 9.98. The van der Waals surface area contributed by atoms with E-state index in [1.54, 1.807) is 0 Å². The van der Waals surface area contributed by atoms with E-state index in [-0.39, 0.29) is 6.04 Å². The van der Waals surface area contributed by atoms with Gasteiger partial charge in [0.25, 0.3) is 0 Å². The van der Waals surface area contributed by atoms with Crippen LogP contribution in [-0.4, -0.2) is 4.98 Å². The third kappa shape index (κ3) is 2.31. The Kier molecular flexibility index (Phi) is 3.36. The number of nitrogens with zero attached hydrogens (tertiary/aromatic N) is 1. The van der Waals surface area contributed by atoms with Crippen LogP contribution in [0.3, 0.4) is 0 Å². The summed E-state index contributed by atoms with van der Waals surface area (Å²) in [5.41, 5.74) is 9.53. The molecule has 3 heteroatoms. The molecular formula is C13H13BrN2. The number of hydrogen-bond donors (Lipinski definition) is 1. The summed E-state index contributed by atoms with van der Waals surface area (Å²) in [5.74, 6) is 0. The van der Waals surface area contributed by atoms with E-state index < -0.39 is 0 Å². The summed E-state index contributed by atoms with van der Waals surface area (Å²) >= 11 is 3.35. The van der Waals surface area contributed by atoms with E-state index in [0.717, 1.165) is 21.3 Å². The van der Waals surface area contributed by atoms with Crippen molar-refractivity contribution in [3.63, 3.8) is 0 Å². The first kappa shape index (κ1) is 11.3. The van der Waals surface area contributed by atoms with Crippen molar-refractivity contribution in [2.75, 3.05) is 0 Å². The molecule has 1 aromatic carbocycles. The maximum Gasteiger partial charge on any atom is 0.106 e. The fourth-order valence-electron chi connectivity index (χ4n) is 1.70. The van der Waals surface area contributed by atoms with Gasteiger partial charge in [0.2, 0.25) is 0 Å². The highest BCUT2D eigenvalue weighted by molar-refractivity contribution is 9.10. The molecule has 0 aliphatic heterocycles. The van der Waals surface area contributed by atoms with Crippen LogP contribution in [0.4, 0.5) is 0 Å². The molecule has 2 nitrogen and oxygen atoms in total. The first-order valence-corrected chi connectivity index (χ1v) is 5.90. The van der Waals surface area contributed by atoms with E-state index in [1.807, 2.05) is 49.5 Å². The molecule has 2 aromatic rings. The number of rotatable bonds is 2. The minimum absolute atomic E-state index is 0.109. The highest BCUT2D eigenvalue weighted by Gasteiger charge is 2.11. The molecule has 0 amide bonds. The predicted octanol–water partition coefficient (Wildman–Crippen LogP) is 3.20. The number of aryl methyl sites for hydroxylation is 1. The summed E-state index contributed by atoms with van der Waals surface area (Å²) in [7, 11) is 0. The van der Waals surface area contributed by atoms with Gasteiger partial charge in [0.05, 0.1) is 6.04 Å². The summed E-state index contributed by atoms with van der Waals surface area (Å²) in [6, 6.07) is 11.9. The van der Waals surface area contributed by atoms with Crippen molar-refractivity contribution in [2.45, 2.75) is 13.0 Å². The molecule has 16 heavy (non-hydrogen) atoms. The van der Waals surface area contributed by atoms with Crippen LogP contribution in [0.15, 0.2) is 47.2 Å². The van der Waals surface area contributed by atoms with Gasteiger partial charge in [-0.2, -0.15) is 0 Å². The van der Waals surface area contributed by atoms with E-state index in [2.05, 4.69) is 20.9 Å². The van der Waals surface area contributed by atoms with Crippen molar-refractivity contribution in [1.29, 1.82) is 0 Å². The van der Waals surface area contributed by atoms with E-state index in [4.69, 9.17) is 5.73 Å². The molecule has 0 fully saturated rings. The quantitative estimate of drug-likeness (QED) is 0.856. The molecule has 82 valence electrons. The number of pyridine rings is 1. The van der Waals surface area contributed by atoms with Gasteiger partial charge in [0.1, 0.15) is 4.60 Å². The third-order valence-electron chi connectivity index (χ3n) is 2.61. The molecule has 0 unspecified atom stereocenters. The minimum Gasteiger partial charge on any atom is -0.320 e. The highest BCUT2D eigenvalue weighted by Crippen LogP contribution is 2.23. The first-order valence-electron chi connectivity index (χ1n) is 5.11. The number of aromatic nitrogens is 1. The molecule has 2 rings (SSSR count). The van der Waals surface area contributed by atoms with Crippen LogP contribution < -0.4 is 5.73 Å². The van der Waals surface area contributed by atoms with Crippen molar-refractivity contribution in [2.24, 2.45) is 5.73 Å². The lowest BCUT2D eigenvalue weighted by molar-refractivity contribution is 0.851. The molecule has 0 aliphatic rings. The zero-order valence-corrected chi connectivity index (χ0v) is 10.6. The molecule has 0 bridgehead atoms. The summed E-state index contributed by atoms with van der Waals surface area (Å²) in [5, 5.41) is 0. The Balaban J connectivity index is 2.38. The maximum absolute atomic E-state index is 6.21. The van der Waals surface area contributed by atoms with Crippen molar-refractivity contribution >= 4 is 15.9 Å². The van der Waals surface area contributed by atoms with E-state index in [1.165, 1.54) is 0 Å². The van der Waals surface area contributed by atoms with Crippen molar-refractivity contribution in [1.82, 2.24) is 4.98 Å². The average molecular weight is 277 g/mol. The molecule has 0 aliphatic carbocycles. The normalized spacial score (nSPS) is 12.4. The van der Waals surface area contributed by atoms with Gasteiger partial charge in [-0.3, -0.25) is 0 Å². The Hall–Kier alpha value is -1.19. The molecule has 0 radical (unpaired) electrons. The standard InChI is InChI=1S/C13H13BrN2/c1-9-7-12(14)16-8-11(9)13(15)10-5-3-2-4-6-10/h2-8,13H,15H2,1H3/t13-/m0/s1. The Morgan fingerprint density at radius 3 is 2.56 bits per heavy atom. The number of hydrogen-bond acceptors (Lipinski definition) is 2. The fourth-order valence-corrected chi connectivity index (χ4v) is 2.14. The molecule has 0 spiro atoms. The number of nitrogens with two attached hydrogens (primary N) is 1. The van der Waals surface area contributed by atoms with Crippen LogP contribution >= 0.6 is 15.9 Å². The van der Waals surface area contributed by atoms with Gasteiger partial charge in [-0.05, 0) is 45.6 Å². The van der Waals surface area contributed by atoms with Crippen LogP contribution in [-0.2, 0) is 0 Å². The molecule has 0 saturated carbocycles. The van der Waals surface area contributed by atoms with Crippen LogP contribution in [0.1, 0.15) is 22.7 Å². The topological polar surface area (TPSA) is 38.9 Å². The summed E-state index contributed by atoms with van der Waals surface area (Å²) in [6.45, 7) is 2.05. The second-order valence-corrected chi connectivity index (χ2v) is 4.56.